The van der Waals surface area contributed by atoms with E-state index in [1.54, 1.807) is 7.11 Å². The van der Waals surface area contributed by atoms with E-state index >= 15 is 0 Å². The van der Waals surface area contributed by atoms with Crippen molar-refractivity contribution < 1.29 is 9.53 Å². The normalized spacial score (nSPS) is 17.4. The third-order valence-corrected chi connectivity index (χ3v) is 5.04. The van der Waals surface area contributed by atoms with E-state index in [-0.39, 0.29) is 12.1 Å². The standard InChI is InChI=1S/C21H22N2O2/c1-15-13-22(17-9-6-10-18(25-2)21(15)17)19-11-12-20(24)23(19)14-16-7-4-3-5-8-16/h3-10,13,19H,11-12,14H2,1-2H3/t19-/m0/s1. The zero-order valence-electron chi connectivity index (χ0n) is 14.6. The predicted molar refractivity (Wildman–Crippen MR) is 98.5 cm³/mol. The van der Waals surface area contributed by atoms with Crippen LogP contribution in [0.2, 0.25) is 0 Å². The Balaban J connectivity index is 1.75. The number of benzene rings is 2. The Bertz CT molecular complexity index is 914. The van der Waals surface area contributed by atoms with Crippen molar-refractivity contribution in [3.8, 4) is 5.75 Å². The predicted octanol–water partition coefficient (Wildman–Crippen LogP) is 4.28. The fourth-order valence-electron chi connectivity index (χ4n) is 3.87. The molecule has 2 aromatic carbocycles. The van der Waals surface area contributed by atoms with E-state index in [0.717, 1.165) is 28.6 Å². The number of methoxy groups -OCH3 is 1. The smallest absolute Gasteiger partial charge is 0.224 e. The van der Waals surface area contributed by atoms with E-state index in [2.05, 4.69) is 35.9 Å². The van der Waals surface area contributed by atoms with Crippen molar-refractivity contribution in [2.75, 3.05) is 7.11 Å². The molecule has 4 heteroatoms. The summed E-state index contributed by atoms with van der Waals surface area (Å²) in [5.74, 6) is 1.10. The molecule has 0 N–H and O–H groups in total. The molecule has 1 aliphatic rings. The van der Waals surface area contributed by atoms with Crippen molar-refractivity contribution in [3.63, 3.8) is 0 Å². The Hall–Kier alpha value is -2.75. The molecule has 4 rings (SSSR count). The molecule has 1 aliphatic heterocycles. The number of amides is 1. The van der Waals surface area contributed by atoms with Crippen molar-refractivity contribution in [2.45, 2.75) is 32.5 Å². The van der Waals surface area contributed by atoms with Crippen LogP contribution in [0.15, 0.2) is 54.7 Å². The van der Waals surface area contributed by atoms with Crippen LogP contribution in [0.5, 0.6) is 5.75 Å². The van der Waals surface area contributed by atoms with Gasteiger partial charge in [0.25, 0.3) is 0 Å². The van der Waals surface area contributed by atoms with E-state index in [9.17, 15) is 4.79 Å². The summed E-state index contributed by atoms with van der Waals surface area (Å²) >= 11 is 0. The molecule has 2 heterocycles. The zero-order chi connectivity index (χ0) is 17.4. The second-order valence-corrected chi connectivity index (χ2v) is 6.60. The van der Waals surface area contributed by atoms with Gasteiger partial charge in [0.15, 0.2) is 0 Å². The molecule has 0 radical (unpaired) electrons. The number of hydrogen-bond donors (Lipinski definition) is 0. The second-order valence-electron chi connectivity index (χ2n) is 6.60. The molecule has 0 spiro atoms. The van der Waals surface area contributed by atoms with Crippen LogP contribution in [-0.4, -0.2) is 22.5 Å². The van der Waals surface area contributed by atoms with Crippen LogP contribution in [0, 0.1) is 6.92 Å². The number of rotatable bonds is 4. The first-order valence-electron chi connectivity index (χ1n) is 8.66. The van der Waals surface area contributed by atoms with Gasteiger partial charge >= 0.3 is 0 Å². The lowest BCUT2D eigenvalue weighted by Crippen LogP contribution is -2.30. The molecule has 4 nitrogen and oxygen atoms in total. The Labute approximate surface area is 147 Å². The molecule has 1 fully saturated rings. The van der Waals surface area contributed by atoms with E-state index in [0.29, 0.717) is 13.0 Å². The largest absolute Gasteiger partial charge is 0.496 e. The fourth-order valence-corrected chi connectivity index (χ4v) is 3.87. The highest BCUT2D eigenvalue weighted by Crippen LogP contribution is 2.37. The topological polar surface area (TPSA) is 34.5 Å². The van der Waals surface area contributed by atoms with Crippen LogP contribution in [-0.2, 0) is 11.3 Å². The number of aromatic nitrogens is 1. The lowest BCUT2D eigenvalue weighted by molar-refractivity contribution is -0.130. The van der Waals surface area contributed by atoms with Crippen molar-refractivity contribution >= 4 is 16.8 Å². The summed E-state index contributed by atoms with van der Waals surface area (Å²) in [6, 6.07) is 16.3. The van der Waals surface area contributed by atoms with E-state index in [4.69, 9.17) is 4.74 Å². The highest BCUT2D eigenvalue weighted by Gasteiger charge is 2.33. The van der Waals surface area contributed by atoms with Gasteiger partial charge in [-0.25, -0.2) is 0 Å². The molecule has 0 unspecified atom stereocenters. The Kier molecular flexibility index (Phi) is 3.96. The average molecular weight is 334 g/mol. The van der Waals surface area contributed by atoms with Gasteiger partial charge in [-0.05, 0) is 36.6 Å². The van der Waals surface area contributed by atoms with Gasteiger partial charge in [0.2, 0.25) is 5.91 Å². The monoisotopic (exact) mass is 334 g/mol. The molecule has 25 heavy (non-hydrogen) atoms. The molecule has 0 saturated carbocycles. The van der Waals surface area contributed by atoms with Crippen molar-refractivity contribution in [1.29, 1.82) is 0 Å². The van der Waals surface area contributed by atoms with Gasteiger partial charge in [-0.3, -0.25) is 4.79 Å². The van der Waals surface area contributed by atoms with Crippen LogP contribution in [0.1, 0.15) is 30.1 Å². The minimum Gasteiger partial charge on any atom is -0.496 e. The summed E-state index contributed by atoms with van der Waals surface area (Å²) in [4.78, 5) is 14.5. The maximum Gasteiger partial charge on any atom is 0.224 e. The zero-order valence-corrected chi connectivity index (χ0v) is 14.6. The van der Waals surface area contributed by atoms with Gasteiger partial charge in [0, 0.05) is 24.5 Å². The molecule has 128 valence electrons. The number of nitrogens with zero attached hydrogens (tertiary/aromatic N) is 2. The van der Waals surface area contributed by atoms with Crippen molar-refractivity contribution in [2.24, 2.45) is 0 Å². The highest BCUT2D eigenvalue weighted by molar-refractivity contribution is 5.90. The Morgan fingerprint density at radius 3 is 2.68 bits per heavy atom. The first-order valence-corrected chi connectivity index (χ1v) is 8.66. The van der Waals surface area contributed by atoms with Gasteiger partial charge in [0.1, 0.15) is 11.9 Å². The third-order valence-electron chi connectivity index (χ3n) is 5.04. The summed E-state index contributed by atoms with van der Waals surface area (Å²) in [6.07, 6.45) is 3.64. The minimum atomic E-state index is 0.0519. The number of likely N-dealkylation sites (tertiary alicyclic amines) is 1. The summed E-state index contributed by atoms with van der Waals surface area (Å²) in [7, 11) is 1.70. The average Bonchev–Trinajstić information content (AvgIpc) is 3.16. The van der Waals surface area contributed by atoms with Gasteiger partial charge in [-0.2, -0.15) is 0 Å². The second kappa shape index (κ2) is 6.28. The lowest BCUT2D eigenvalue weighted by Gasteiger charge is -2.27. The van der Waals surface area contributed by atoms with Crippen LogP contribution in [0.3, 0.4) is 0 Å². The summed E-state index contributed by atoms with van der Waals surface area (Å²) in [5.41, 5.74) is 3.45. The van der Waals surface area contributed by atoms with Crippen LogP contribution >= 0.6 is 0 Å². The number of hydrogen-bond acceptors (Lipinski definition) is 2. The first kappa shape index (κ1) is 15.8. The van der Waals surface area contributed by atoms with Crippen molar-refractivity contribution in [1.82, 2.24) is 9.47 Å². The molecule has 0 aliphatic carbocycles. The molecular weight excluding hydrogens is 312 g/mol. The van der Waals surface area contributed by atoms with Gasteiger partial charge < -0.3 is 14.2 Å². The van der Waals surface area contributed by atoms with Crippen LogP contribution < -0.4 is 4.74 Å². The summed E-state index contributed by atoms with van der Waals surface area (Å²) in [6.45, 7) is 2.74. The number of ether oxygens (including phenoxy) is 1. The molecule has 1 atom stereocenters. The molecule has 1 aromatic heterocycles. The van der Waals surface area contributed by atoms with E-state index < -0.39 is 0 Å². The highest BCUT2D eigenvalue weighted by atomic mass is 16.5. The van der Waals surface area contributed by atoms with E-state index in [1.165, 1.54) is 5.56 Å². The van der Waals surface area contributed by atoms with Gasteiger partial charge in [-0.1, -0.05) is 36.4 Å². The molecular formula is C21H22N2O2. The molecule has 3 aromatic rings. The van der Waals surface area contributed by atoms with E-state index in [1.807, 2.05) is 35.2 Å². The third kappa shape index (κ3) is 2.68. The molecule has 0 bridgehead atoms. The van der Waals surface area contributed by atoms with Gasteiger partial charge in [-0.15, -0.1) is 0 Å². The number of aryl methyl sites for hydroxylation is 1. The maximum atomic E-state index is 12.5. The molecule has 1 saturated heterocycles. The Morgan fingerprint density at radius 1 is 1.12 bits per heavy atom. The van der Waals surface area contributed by atoms with Crippen LogP contribution in [0.25, 0.3) is 10.9 Å². The Morgan fingerprint density at radius 2 is 1.92 bits per heavy atom. The van der Waals surface area contributed by atoms with Crippen molar-refractivity contribution in [3.05, 3.63) is 65.9 Å². The maximum absolute atomic E-state index is 12.5. The quantitative estimate of drug-likeness (QED) is 0.714. The van der Waals surface area contributed by atoms with Crippen LogP contribution in [0.4, 0.5) is 0 Å². The number of carbonyl (C=O) groups excluding carboxylic acids is 1. The fraction of sp³-hybridized carbons (Fsp3) is 0.286. The number of carbonyl (C=O) groups is 1. The summed E-state index contributed by atoms with van der Waals surface area (Å²) in [5, 5.41) is 1.13. The first-order chi connectivity index (χ1) is 12.2. The summed E-state index contributed by atoms with van der Waals surface area (Å²) < 4.78 is 7.77. The molecule has 1 amide bonds. The lowest BCUT2D eigenvalue weighted by atomic mass is 10.2. The van der Waals surface area contributed by atoms with Gasteiger partial charge in [0.05, 0.1) is 12.6 Å². The number of fused-ring (bicyclic) bond motifs is 1. The SMILES string of the molecule is COc1cccc2c1c(C)cn2[C@@H]1CCC(=O)N1Cc1ccccc1. The minimum absolute atomic E-state index is 0.0519.